The molecule has 0 saturated carbocycles. The van der Waals surface area contributed by atoms with Crippen molar-refractivity contribution in [3.8, 4) is 17.6 Å². The zero-order valence-corrected chi connectivity index (χ0v) is 15.4. The first-order valence-corrected chi connectivity index (χ1v) is 8.87. The van der Waals surface area contributed by atoms with Crippen molar-refractivity contribution >= 4 is 21.7 Å². The first kappa shape index (κ1) is 16.6. The third kappa shape index (κ3) is 3.80. The van der Waals surface area contributed by atoms with Gasteiger partial charge in [0.15, 0.2) is 4.90 Å². The second-order valence-electron chi connectivity index (χ2n) is 5.19. The van der Waals surface area contributed by atoms with Crippen LogP contribution < -0.4 is 18.9 Å². The normalized spacial score (nSPS) is 14.0. The molecule has 0 aliphatic carbocycles. The molecular formula is C14H13F3N6O5S. The van der Waals surface area contributed by atoms with E-state index in [1.165, 1.54) is 20.3 Å². The molecule has 0 fully saturated rings. The molecule has 11 nitrogen and oxygen atoms in total. The van der Waals surface area contributed by atoms with Gasteiger partial charge < -0.3 is 14.2 Å². The Hall–Kier alpha value is -3.36. The molecule has 156 valence electrons. The van der Waals surface area contributed by atoms with E-state index >= 15 is 0 Å². The van der Waals surface area contributed by atoms with Crippen molar-refractivity contribution in [1.82, 2.24) is 24.6 Å². The van der Waals surface area contributed by atoms with Gasteiger partial charge >= 0.3 is 6.18 Å². The Labute approximate surface area is 165 Å². The third-order valence-electron chi connectivity index (χ3n) is 3.44. The summed E-state index contributed by atoms with van der Waals surface area (Å²) < 4.78 is 105. The van der Waals surface area contributed by atoms with E-state index in [0.29, 0.717) is 12.3 Å². The fraction of sp³-hybridized carbons (Fsp3) is 0.286. The summed E-state index contributed by atoms with van der Waals surface area (Å²) in [6.45, 7) is 0. The van der Waals surface area contributed by atoms with E-state index in [0.717, 1.165) is 4.52 Å². The number of sulfonamides is 1. The van der Waals surface area contributed by atoms with E-state index in [9.17, 15) is 21.6 Å². The van der Waals surface area contributed by atoms with Gasteiger partial charge in [-0.25, -0.2) is 18.1 Å². The van der Waals surface area contributed by atoms with E-state index in [1.54, 1.807) is 4.72 Å². The highest BCUT2D eigenvalue weighted by Gasteiger charge is 2.40. The molecule has 0 aliphatic rings. The number of alkyl halides is 3. The standard InChI is InChI=1S/C14H13F3N6O5S/c1-26-8-6-9(27-2)23-13(19-8)20-12(21-23)22-29(24,25)10-7(14(15,16)17)4-5-18-11(10)28-3/h4-6H,1-3H3,(H,21,22)/i3+1D3. The van der Waals surface area contributed by atoms with Crippen molar-refractivity contribution in [2.75, 3.05) is 26.0 Å². The van der Waals surface area contributed by atoms with E-state index < -0.39 is 45.5 Å². The van der Waals surface area contributed by atoms with Gasteiger partial charge in [0, 0.05) is 6.20 Å². The Morgan fingerprint density at radius 1 is 1.21 bits per heavy atom. The van der Waals surface area contributed by atoms with Crippen molar-refractivity contribution < 1.29 is 39.9 Å². The van der Waals surface area contributed by atoms with Gasteiger partial charge in [-0.15, -0.1) is 5.10 Å². The van der Waals surface area contributed by atoms with E-state index in [2.05, 4.69) is 24.8 Å². The summed E-state index contributed by atoms with van der Waals surface area (Å²) in [4.78, 5) is 9.47. The van der Waals surface area contributed by atoms with Crippen LogP contribution >= 0.6 is 0 Å². The van der Waals surface area contributed by atoms with Gasteiger partial charge in [0.25, 0.3) is 21.7 Å². The van der Waals surface area contributed by atoms with Crippen LogP contribution in [0.15, 0.2) is 23.2 Å². The third-order valence-corrected chi connectivity index (χ3v) is 4.83. The monoisotopic (exact) mass is 438 g/mol. The molecular weight excluding hydrogens is 422 g/mol. The first-order valence-electron chi connectivity index (χ1n) is 8.89. The van der Waals surface area contributed by atoms with Crippen LogP contribution in [0.2, 0.25) is 0 Å². The minimum absolute atomic E-state index is 0.0218. The van der Waals surface area contributed by atoms with E-state index in [1.807, 2.05) is 0 Å². The Balaban J connectivity index is 2.14. The van der Waals surface area contributed by atoms with Gasteiger partial charge in [0.1, 0.15) is 0 Å². The maximum atomic E-state index is 13.5. The molecule has 1 N–H and O–H groups in total. The van der Waals surface area contributed by atoms with E-state index in [4.69, 9.17) is 13.6 Å². The lowest BCUT2D eigenvalue weighted by Crippen LogP contribution is -2.21. The summed E-state index contributed by atoms with van der Waals surface area (Å²) in [5.74, 6) is -2.13. The van der Waals surface area contributed by atoms with Gasteiger partial charge in [-0.2, -0.15) is 27.7 Å². The molecule has 0 radical (unpaired) electrons. The van der Waals surface area contributed by atoms with Crippen LogP contribution in [0.4, 0.5) is 19.1 Å². The average molecular weight is 438 g/mol. The minimum atomic E-state index is -5.19. The smallest absolute Gasteiger partial charge is 0.418 e. The van der Waals surface area contributed by atoms with Gasteiger partial charge in [0.2, 0.25) is 17.6 Å². The number of pyridine rings is 1. The van der Waals surface area contributed by atoms with Crippen LogP contribution in [0.3, 0.4) is 0 Å². The van der Waals surface area contributed by atoms with Gasteiger partial charge in [-0.05, 0) is 6.07 Å². The fourth-order valence-corrected chi connectivity index (χ4v) is 3.50. The van der Waals surface area contributed by atoms with Crippen molar-refractivity contribution in [3.05, 3.63) is 23.9 Å². The number of anilines is 1. The molecule has 29 heavy (non-hydrogen) atoms. The number of ether oxygens (including phenoxy) is 3. The predicted octanol–water partition coefficient (Wildman–Crippen LogP) is 1.36. The molecule has 0 aromatic carbocycles. The first-order chi connectivity index (χ1) is 14.7. The van der Waals surface area contributed by atoms with Gasteiger partial charge in [-0.3, -0.25) is 0 Å². The van der Waals surface area contributed by atoms with Gasteiger partial charge in [-0.1, -0.05) is 0 Å². The highest BCUT2D eigenvalue weighted by Crippen LogP contribution is 2.38. The number of nitrogens with one attached hydrogen (secondary N) is 1. The maximum Gasteiger partial charge on any atom is 0.418 e. The SMILES string of the molecule is [2H][13C]([2H])([2H])Oc1nccc(C(F)(F)F)c1S(=O)(=O)Nc1nc2nc(OC)cc(OC)n2n1. The lowest BCUT2D eigenvalue weighted by Gasteiger charge is -2.15. The largest absolute Gasteiger partial charge is 0.481 e. The maximum absolute atomic E-state index is 13.5. The number of hydrogen-bond donors (Lipinski definition) is 1. The highest BCUT2D eigenvalue weighted by molar-refractivity contribution is 7.92. The molecule has 0 unspecified atom stereocenters. The molecule has 3 aromatic heterocycles. The second kappa shape index (κ2) is 7.23. The molecule has 0 spiro atoms. The van der Waals surface area contributed by atoms with Crippen LogP contribution in [0, 0.1) is 0 Å². The highest BCUT2D eigenvalue weighted by atomic mass is 32.2. The van der Waals surface area contributed by atoms with Crippen molar-refractivity contribution in [2.45, 2.75) is 11.1 Å². The number of halogens is 3. The van der Waals surface area contributed by atoms with Crippen LogP contribution in [-0.2, 0) is 16.2 Å². The van der Waals surface area contributed by atoms with Crippen LogP contribution in [0.25, 0.3) is 5.78 Å². The van der Waals surface area contributed by atoms with Gasteiger partial charge in [0.05, 0.1) is 37.0 Å². The summed E-state index contributed by atoms with van der Waals surface area (Å²) in [5.41, 5.74) is -1.71. The Morgan fingerprint density at radius 2 is 1.97 bits per heavy atom. The molecule has 3 heterocycles. The molecule has 3 aromatic rings. The Morgan fingerprint density at radius 3 is 2.59 bits per heavy atom. The summed E-state index contributed by atoms with van der Waals surface area (Å²) in [6, 6.07) is 1.65. The fourth-order valence-electron chi connectivity index (χ4n) is 2.27. The van der Waals surface area contributed by atoms with Crippen molar-refractivity contribution in [1.29, 1.82) is 0 Å². The summed E-state index contributed by atoms with van der Waals surface area (Å²) in [6.07, 6.45) is -4.63. The van der Waals surface area contributed by atoms with E-state index in [-0.39, 0.29) is 17.5 Å². The molecule has 0 atom stereocenters. The number of rotatable bonds is 6. The second-order valence-corrected chi connectivity index (χ2v) is 6.81. The summed E-state index contributed by atoms with van der Waals surface area (Å²) >= 11 is 0. The summed E-state index contributed by atoms with van der Waals surface area (Å²) in [7, 11) is -5.88. The van der Waals surface area contributed by atoms with Crippen LogP contribution in [0.5, 0.6) is 17.6 Å². The van der Waals surface area contributed by atoms with Crippen molar-refractivity contribution in [2.24, 2.45) is 0 Å². The topological polar surface area (TPSA) is 130 Å². The minimum Gasteiger partial charge on any atom is -0.481 e. The molecule has 0 bridgehead atoms. The Kier molecular flexibility index (Phi) is 4.13. The molecule has 3 rings (SSSR count). The number of methoxy groups -OCH3 is 3. The average Bonchev–Trinajstić information content (AvgIpc) is 3.06. The van der Waals surface area contributed by atoms with Crippen molar-refractivity contribution in [3.63, 3.8) is 0 Å². The predicted molar refractivity (Wildman–Crippen MR) is 90.5 cm³/mol. The summed E-state index contributed by atoms with van der Waals surface area (Å²) in [5, 5.41) is 3.78. The quantitative estimate of drug-likeness (QED) is 0.567. The molecule has 0 amide bonds. The lowest BCUT2D eigenvalue weighted by molar-refractivity contribution is -0.140. The zero-order valence-electron chi connectivity index (χ0n) is 17.6. The number of nitrogens with zero attached hydrogens (tertiary/aromatic N) is 5. The lowest BCUT2D eigenvalue weighted by atomic mass is 10.2. The molecule has 0 aliphatic heterocycles. The van der Waals surface area contributed by atoms with Crippen LogP contribution in [-0.4, -0.2) is 54.2 Å². The zero-order chi connectivity index (χ0) is 23.9. The van der Waals surface area contributed by atoms with Crippen LogP contribution in [0.1, 0.15) is 9.68 Å². The number of fused-ring (bicyclic) bond motifs is 1. The number of aromatic nitrogens is 5. The molecule has 15 heteroatoms. The Bertz CT molecular complexity index is 1270. The molecule has 0 saturated heterocycles. The number of hydrogen-bond acceptors (Lipinski definition) is 9.